The van der Waals surface area contributed by atoms with E-state index in [1.54, 1.807) is 18.2 Å². The third kappa shape index (κ3) is 6.29. The number of Topliss-reactive ketones (excluding diaryl/α,β-unsaturated/α-hetero) is 1. The van der Waals surface area contributed by atoms with Gasteiger partial charge in [-0.15, -0.1) is 0 Å². The van der Waals surface area contributed by atoms with E-state index in [1.165, 1.54) is 0 Å². The van der Waals surface area contributed by atoms with Gasteiger partial charge >= 0.3 is 6.09 Å². The standard InChI is InChI=1S/C25H24NO4/c1-19-10-8-9-15-22(19)24(27)23(18-29-16-20-11-4-2-5-12-20)26-25(28)30-17-21-13-6-3-7-14-21/h2-15,23H,1,16-18H2,(H,26,28)/t23-/m0/s1. The first-order valence-electron chi connectivity index (χ1n) is 9.67. The second kappa shape index (κ2) is 10.9. The summed E-state index contributed by atoms with van der Waals surface area (Å²) in [4.78, 5) is 25.4. The molecule has 3 rings (SSSR count). The molecule has 0 bridgehead atoms. The van der Waals surface area contributed by atoms with Crippen LogP contribution in [0.3, 0.4) is 0 Å². The molecule has 0 aliphatic carbocycles. The second-order valence-corrected chi connectivity index (χ2v) is 6.78. The monoisotopic (exact) mass is 402 g/mol. The predicted molar refractivity (Wildman–Crippen MR) is 115 cm³/mol. The summed E-state index contributed by atoms with van der Waals surface area (Å²) in [6.07, 6.45) is -0.679. The quantitative estimate of drug-likeness (QED) is 0.533. The van der Waals surface area contributed by atoms with Crippen LogP contribution in [0, 0.1) is 6.92 Å². The van der Waals surface area contributed by atoms with Gasteiger partial charge in [0.05, 0.1) is 13.2 Å². The number of amides is 1. The van der Waals surface area contributed by atoms with Gasteiger partial charge in [0.15, 0.2) is 5.78 Å². The largest absolute Gasteiger partial charge is 0.445 e. The Balaban J connectivity index is 1.64. The Morgan fingerprint density at radius 1 is 0.800 bits per heavy atom. The molecule has 3 aromatic carbocycles. The number of rotatable bonds is 9. The van der Waals surface area contributed by atoms with Gasteiger partial charge in [-0.1, -0.05) is 84.9 Å². The van der Waals surface area contributed by atoms with Gasteiger partial charge in [0, 0.05) is 5.56 Å². The van der Waals surface area contributed by atoms with Crippen molar-refractivity contribution >= 4 is 11.9 Å². The van der Waals surface area contributed by atoms with Gasteiger partial charge in [-0.05, 0) is 23.6 Å². The molecule has 0 saturated carbocycles. The Labute approximate surface area is 176 Å². The highest BCUT2D eigenvalue weighted by molar-refractivity contribution is 6.02. The van der Waals surface area contributed by atoms with Gasteiger partial charge in [-0.2, -0.15) is 0 Å². The zero-order valence-corrected chi connectivity index (χ0v) is 16.6. The van der Waals surface area contributed by atoms with Gasteiger partial charge in [0.2, 0.25) is 0 Å². The van der Waals surface area contributed by atoms with E-state index in [0.29, 0.717) is 17.7 Å². The molecule has 0 unspecified atom stereocenters. The smallest absolute Gasteiger partial charge is 0.408 e. The number of hydrogen-bond donors (Lipinski definition) is 1. The van der Waals surface area contributed by atoms with Crippen molar-refractivity contribution in [2.75, 3.05) is 6.61 Å². The fourth-order valence-corrected chi connectivity index (χ4v) is 2.91. The Kier molecular flexibility index (Phi) is 7.75. The van der Waals surface area contributed by atoms with Gasteiger partial charge in [0.1, 0.15) is 12.6 Å². The molecule has 0 spiro atoms. The molecule has 3 aromatic rings. The summed E-state index contributed by atoms with van der Waals surface area (Å²) in [5.74, 6) is -0.273. The average Bonchev–Trinajstić information content (AvgIpc) is 2.78. The fourth-order valence-electron chi connectivity index (χ4n) is 2.91. The number of carbonyl (C=O) groups is 2. The number of nitrogens with one attached hydrogen (secondary N) is 1. The molecule has 0 aliphatic rings. The third-order valence-corrected chi connectivity index (χ3v) is 4.50. The number of hydrogen-bond acceptors (Lipinski definition) is 4. The third-order valence-electron chi connectivity index (χ3n) is 4.50. The van der Waals surface area contributed by atoms with Crippen molar-refractivity contribution in [3.8, 4) is 0 Å². The molecule has 1 amide bonds. The Hall–Kier alpha value is -3.44. The molecule has 5 nitrogen and oxygen atoms in total. The van der Waals surface area contributed by atoms with Crippen LogP contribution >= 0.6 is 0 Å². The molecule has 1 atom stereocenters. The van der Waals surface area contributed by atoms with Gasteiger partial charge < -0.3 is 14.8 Å². The van der Waals surface area contributed by atoms with Crippen LogP contribution in [0.5, 0.6) is 0 Å². The number of ketones is 1. The summed E-state index contributed by atoms with van der Waals surface area (Å²) in [6.45, 7) is 4.36. The molecule has 0 fully saturated rings. The molecule has 30 heavy (non-hydrogen) atoms. The number of alkyl carbamates (subject to hydrolysis) is 1. The number of ether oxygens (including phenoxy) is 2. The number of carbonyl (C=O) groups excluding carboxylic acids is 2. The fraction of sp³-hybridized carbons (Fsp3) is 0.160. The van der Waals surface area contributed by atoms with Crippen molar-refractivity contribution in [3.63, 3.8) is 0 Å². The minimum Gasteiger partial charge on any atom is -0.445 e. The van der Waals surface area contributed by atoms with Crippen LogP contribution in [0.15, 0.2) is 84.9 Å². The van der Waals surface area contributed by atoms with E-state index in [1.807, 2.05) is 66.7 Å². The Morgan fingerprint density at radius 3 is 2.00 bits per heavy atom. The lowest BCUT2D eigenvalue weighted by Crippen LogP contribution is -2.44. The maximum atomic E-state index is 13.0. The van der Waals surface area contributed by atoms with E-state index in [9.17, 15) is 9.59 Å². The molecule has 0 saturated heterocycles. The second-order valence-electron chi connectivity index (χ2n) is 6.78. The van der Waals surface area contributed by atoms with Crippen molar-refractivity contribution in [1.82, 2.24) is 5.32 Å². The van der Waals surface area contributed by atoms with E-state index in [4.69, 9.17) is 9.47 Å². The first kappa shape index (κ1) is 21.3. The lowest BCUT2D eigenvalue weighted by Gasteiger charge is -2.19. The van der Waals surface area contributed by atoms with Crippen LogP contribution in [0.4, 0.5) is 4.79 Å². The Bertz CT molecular complexity index is 957. The molecule has 0 aromatic heterocycles. The molecular formula is C25H24NO4. The van der Waals surface area contributed by atoms with Crippen molar-refractivity contribution in [2.45, 2.75) is 19.3 Å². The van der Waals surface area contributed by atoms with E-state index < -0.39 is 12.1 Å². The molecule has 5 heteroatoms. The molecule has 0 heterocycles. The van der Waals surface area contributed by atoms with Crippen molar-refractivity contribution in [2.24, 2.45) is 0 Å². The maximum absolute atomic E-state index is 13.0. The maximum Gasteiger partial charge on any atom is 0.408 e. The highest BCUT2D eigenvalue weighted by atomic mass is 16.5. The zero-order valence-electron chi connectivity index (χ0n) is 16.6. The van der Waals surface area contributed by atoms with Crippen LogP contribution in [0.25, 0.3) is 0 Å². The van der Waals surface area contributed by atoms with Gasteiger partial charge in [-0.3, -0.25) is 4.79 Å². The van der Waals surface area contributed by atoms with Crippen molar-refractivity contribution in [1.29, 1.82) is 0 Å². The highest BCUT2D eigenvalue weighted by Crippen LogP contribution is 2.12. The lowest BCUT2D eigenvalue weighted by molar-refractivity contribution is 0.0691. The van der Waals surface area contributed by atoms with Gasteiger partial charge in [0.25, 0.3) is 0 Å². The number of benzene rings is 3. The van der Waals surface area contributed by atoms with Crippen LogP contribution in [0.2, 0.25) is 0 Å². The minimum atomic E-state index is -0.889. The summed E-state index contributed by atoms with van der Waals surface area (Å²) in [7, 11) is 0. The highest BCUT2D eigenvalue weighted by Gasteiger charge is 2.24. The van der Waals surface area contributed by atoms with E-state index in [0.717, 1.165) is 11.1 Å². The summed E-state index contributed by atoms with van der Waals surface area (Å²) in [5.41, 5.74) is 2.87. The lowest BCUT2D eigenvalue weighted by atomic mass is 10.00. The van der Waals surface area contributed by atoms with Crippen LogP contribution in [0.1, 0.15) is 27.0 Å². The Morgan fingerprint density at radius 2 is 1.37 bits per heavy atom. The summed E-state index contributed by atoms with van der Waals surface area (Å²) in [5, 5.41) is 2.64. The van der Waals surface area contributed by atoms with Crippen molar-refractivity contribution < 1.29 is 19.1 Å². The molecule has 1 radical (unpaired) electrons. The zero-order chi connectivity index (χ0) is 21.2. The topological polar surface area (TPSA) is 64.6 Å². The first-order chi connectivity index (χ1) is 14.6. The van der Waals surface area contributed by atoms with Crippen LogP contribution in [-0.2, 0) is 22.7 Å². The SMILES string of the molecule is [CH2]c1ccccc1C(=O)[C@H](COCc1ccccc1)NC(=O)OCc1ccccc1. The van der Waals surface area contributed by atoms with Crippen LogP contribution < -0.4 is 5.32 Å². The minimum absolute atomic E-state index is 0.0164. The normalized spacial score (nSPS) is 11.5. The van der Waals surface area contributed by atoms with Gasteiger partial charge in [-0.25, -0.2) is 4.79 Å². The summed E-state index contributed by atoms with van der Waals surface area (Å²) < 4.78 is 11.0. The molecular weight excluding hydrogens is 378 g/mol. The predicted octanol–water partition coefficient (Wildman–Crippen LogP) is 4.56. The molecule has 153 valence electrons. The summed E-state index contributed by atoms with van der Waals surface area (Å²) in [6, 6.07) is 25.1. The molecule has 0 aliphatic heterocycles. The first-order valence-corrected chi connectivity index (χ1v) is 9.67. The molecule has 1 N–H and O–H groups in total. The average molecular weight is 402 g/mol. The van der Waals surface area contributed by atoms with Crippen LogP contribution in [-0.4, -0.2) is 24.5 Å². The van der Waals surface area contributed by atoms with Crippen molar-refractivity contribution in [3.05, 3.63) is 114 Å². The van der Waals surface area contributed by atoms with E-state index >= 15 is 0 Å². The van der Waals surface area contributed by atoms with E-state index in [-0.39, 0.29) is 19.0 Å². The van der Waals surface area contributed by atoms with E-state index in [2.05, 4.69) is 12.2 Å². The summed E-state index contributed by atoms with van der Waals surface area (Å²) >= 11 is 0.